The van der Waals surface area contributed by atoms with E-state index >= 15 is 0 Å². The van der Waals surface area contributed by atoms with E-state index in [0.717, 1.165) is 38.8 Å². The van der Waals surface area contributed by atoms with Gasteiger partial charge in [-0.1, -0.05) is 18.9 Å². The Balaban J connectivity index is 1.49. The first-order valence-electron chi connectivity index (χ1n) is 7.80. The average molecular weight is 292 g/mol. The van der Waals surface area contributed by atoms with E-state index < -0.39 is 5.95 Å². The fourth-order valence-corrected chi connectivity index (χ4v) is 3.25. The standard InChI is InChI=1S/C16H21FN2O2/c17-14-6-3-7-15(18-14)21-13-8-10-19(11-9-13)16(20)12-4-1-2-5-12/h3,6-7,12-13H,1-2,4-5,8-11H2. The van der Waals surface area contributed by atoms with Crippen LogP contribution in [0.3, 0.4) is 0 Å². The fraction of sp³-hybridized carbons (Fsp3) is 0.625. The van der Waals surface area contributed by atoms with Gasteiger partial charge in [-0.05, 0) is 18.9 Å². The van der Waals surface area contributed by atoms with Gasteiger partial charge < -0.3 is 9.64 Å². The number of piperidine rings is 1. The molecule has 3 rings (SSSR count). The molecule has 1 aromatic rings. The van der Waals surface area contributed by atoms with E-state index in [0.29, 0.717) is 11.8 Å². The molecule has 0 atom stereocenters. The molecule has 1 saturated heterocycles. The Morgan fingerprint density at radius 1 is 1.19 bits per heavy atom. The van der Waals surface area contributed by atoms with Gasteiger partial charge in [0.15, 0.2) is 0 Å². The lowest BCUT2D eigenvalue weighted by atomic mass is 10.0. The molecule has 5 heteroatoms. The van der Waals surface area contributed by atoms with Crippen LogP contribution in [0.2, 0.25) is 0 Å². The van der Waals surface area contributed by atoms with Crippen molar-refractivity contribution in [3.05, 3.63) is 24.1 Å². The highest BCUT2D eigenvalue weighted by Crippen LogP contribution is 2.28. The Kier molecular flexibility index (Phi) is 4.36. The molecule has 2 heterocycles. The number of nitrogens with zero attached hydrogens (tertiary/aromatic N) is 2. The quantitative estimate of drug-likeness (QED) is 0.805. The summed E-state index contributed by atoms with van der Waals surface area (Å²) < 4.78 is 18.7. The molecule has 0 N–H and O–H groups in total. The number of aromatic nitrogens is 1. The smallest absolute Gasteiger partial charge is 0.225 e. The van der Waals surface area contributed by atoms with Gasteiger partial charge in [-0.15, -0.1) is 0 Å². The number of carbonyl (C=O) groups excluding carboxylic acids is 1. The molecule has 0 spiro atoms. The van der Waals surface area contributed by atoms with Gasteiger partial charge in [-0.3, -0.25) is 4.79 Å². The molecule has 0 bridgehead atoms. The second-order valence-corrected chi connectivity index (χ2v) is 5.92. The van der Waals surface area contributed by atoms with Gasteiger partial charge in [0.25, 0.3) is 0 Å². The Bertz CT molecular complexity index is 495. The molecule has 1 aliphatic carbocycles. The average Bonchev–Trinajstić information content (AvgIpc) is 3.01. The van der Waals surface area contributed by atoms with Gasteiger partial charge in [0.05, 0.1) is 0 Å². The normalized spacial score (nSPS) is 20.7. The molecule has 4 nitrogen and oxygen atoms in total. The second-order valence-electron chi connectivity index (χ2n) is 5.92. The topological polar surface area (TPSA) is 42.4 Å². The van der Waals surface area contributed by atoms with Gasteiger partial charge in [0, 0.05) is 37.9 Å². The molecule has 1 amide bonds. The third-order valence-corrected chi connectivity index (χ3v) is 4.44. The highest BCUT2D eigenvalue weighted by atomic mass is 19.1. The molecular formula is C16H21FN2O2. The van der Waals surface area contributed by atoms with Crippen LogP contribution >= 0.6 is 0 Å². The molecule has 1 aliphatic heterocycles. The molecule has 21 heavy (non-hydrogen) atoms. The Morgan fingerprint density at radius 2 is 1.90 bits per heavy atom. The summed E-state index contributed by atoms with van der Waals surface area (Å²) >= 11 is 0. The van der Waals surface area contributed by atoms with Crippen LogP contribution in [0.15, 0.2) is 18.2 Å². The maximum Gasteiger partial charge on any atom is 0.225 e. The molecular weight excluding hydrogens is 271 g/mol. The highest BCUT2D eigenvalue weighted by molar-refractivity contribution is 5.79. The first-order chi connectivity index (χ1) is 10.2. The Labute approximate surface area is 124 Å². The summed E-state index contributed by atoms with van der Waals surface area (Å²) in [5.74, 6) is 0.360. The van der Waals surface area contributed by atoms with Crippen LogP contribution in [-0.4, -0.2) is 35.0 Å². The summed E-state index contributed by atoms with van der Waals surface area (Å²) in [4.78, 5) is 18.0. The molecule has 114 valence electrons. The van der Waals surface area contributed by atoms with Crippen LogP contribution < -0.4 is 4.74 Å². The summed E-state index contributed by atoms with van der Waals surface area (Å²) in [7, 11) is 0. The van der Waals surface area contributed by atoms with Crippen LogP contribution in [0, 0.1) is 11.9 Å². The minimum atomic E-state index is -0.527. The third kappa shape index (κ3) is 3.52. The summed E-state index contributed by atoms with van der Waals surface area (Å²) in [5.41, 5.74) is 0. The fourth-order valence-electron chi connectivity index (χ4n) is 3.25. The largest absolute Gasteiger partial charge is 0.474 e. The number of amides is 1. The number of halogens is 1. The summed E-state index contributed by atoms with van der Waals surface area (Å²) in [5, 5.41) is 0. The van der Waals surface area contributed by atoms with Crippen LogP contribution in [-0.2, 0) is 4.79 Å². The molecule has 1 saturated carbocycles. The van der Waals surface area contributed by atoms with E-state index in [9.17, 15) is 9.18 Å². The molecule has 0 radical (unpaired) electrons. The van der Waals surface area contributed by atoms with Gasteiger partial charge in [-0.25, -0.2) is 0 Å². The minimum Gasteiger partial charge on any atom is -0.474 e. The zero-order valence-corrected chi connectivity index (χ0v) is 12.1. The predicted molar refractivity (Wildman–Crippen MR) is 76.4 cm³/mol. The van der Waals surface area contributed by atoms with Crippen molar-refractivity contribution < 1.29 is 13.9 Å². The maximum absolute atomic E-state index is 13.0. The van der Waals surface area contributed by atoms with Gasteiger partial charge in [0.1, 0.15) is 6.10 Å². The second kappa shape index (κ2) is 6.41. The molecule has 2 aliphatic rings. The lowest BCUT2D eigenvalue weighted by Crippen LogP contribution is -2.44. The van der Waals surface area contributed by atoms with E-state index in [1.165, 1.54) is 18.9 Å². The van der Waals surface area contributed by atoms with Gasteiger partial charge in [0.2, 0.25) is 17.7 Å². The van der Waals surface area contributed by atoms with Crippen molar-refractivity contribution in [2.24, 2.45) is 5.92 Å². The first kappa shape index (κ1) is 14.3. The molecule has 2 fully saturated rings. The maximum atomic E-state index is 13.0. The number of rotatable bonds is 3. The van der Waals surface area contributed by atoms with Crippen molar-refractivity contribution >= 4 is 5.91 Å². The number of hydrogen-bond donors (Lipinski definition) is 0. The molecule has 0 unspecified atom stereocenters. The summed E-state index contributed by atoms with van der Waals surface area (Å²) in [6.07, 6.45) is 6.05. The van der Waals surface area contributed by atoms with Crippen LogP contribution in [0.4, 0.5) is 4.39 Å². The zero-order valence-electron chi connectivity index (χ0n) is 12.1. The number of pyridine rings is 1. The summed E-state index contributed by atoms with van der Waals surface area (Å²) in [6.45, 7) is 1.46. The highest BCUT2D eigenvalue weighted by Gasteiger charge is 2.30. The summed E-state index contributed by atoms with van der Waals surface area (Å²) in [6, 6.07) is 4.56. The van der Waals surface area contributed by atoms with E-state index in [1.807, 2.05) is 4.90 Å². The van der Waals surface area contributed by atoms with Crippen molar-refractivity contribution in [1.29, 1.82) is 0 Å². The Morgan fingerprint density at radius 3 is 2.57 bits per heavy atom. The number of ether oxygens (including phenoxy) is 1. The molecule has 0 aromatic carbocycles. The SMILES string of the molecule is O=C(C1CCCC1)N1CCC(Oc2cccc(F)n2)CC1. The lowest BCUT2D eigenvalue weighted by Gasteiger charge is -2.33. The van der Waals surface area contributed by atoms with E-state index in [-0.39, 0.29) is 12.0 Å². The number of likely N-dealkylation sites (tertiary alicyclic amines) is 1. The van der Waals surface area contributed by atoms with Crippen molar-refractivity contribution in [2.45, 2.75) is 44.6 Å². The van der Waals surface area contributed by atoms with E-state index in [4.69, 9.17) is 4.74 Å². The van der Waals surface area contributed by atoms with Crippen LogP contribution in [0.1, 0.15) is 38.5 Å². The van der Waals surface area contributed by atoms with E-state index in [2.05, 4.69) is 4.98 Å². The van der Waals surface area contributed by atoms with Crippen molar-refractivity contribution in [2.75, 3.05) is 13.1 Å². The number of carbonyl (C=O) groups is 1. The first-order valence-corrected chi connectivity index (χ1v) is 7.80. The van der Waals surface area contributed by atoms with Gasteiger partial charge in [-0.2, -0.15) is 9.37 Å². The lowest BCUT2D eigenvalue weighted by molar-refractivity contribution is -0.137. The van der Waals surface area contributed by atoms with Crippen molar-refractivity contribution in [1.82, 2.24) is 9.88 Å². The third-order valence-electron chi connectivity index (χ3n) is 4.44. The zero-order chi connectivity index (χ0) is 14.7. The van der Waals surface area contributed by atoms with Crippen molar-refractivity contribution in [3.63, 3.8) is 0 Å². The Hall–Kier alpha value is -1.65. The van der Waals surface area contributed by atoms with E-state index in [1.54, 1.807) is 12.1 Å². The predicted octanol–water partition coefficient (Wildman–Crippen LogP) is 2.78. The van der Waals surface area contributed by atoms with Crippen LogP contribution in [0.25, 0.3) is 0 Å². The number of hydrogen-bond acceptors (Lipinski definition) is 3. The molecule has 1 aromatic heterocycles. The minimum absolute atomic E-state index is 0.0203. The monoisotopic (exact) mass is 292 g/mol. The van der Waals surface area contributed by atoms with Crippen molar-refractivity contribution in [3.8, 4) is 5.88 Å². The van der Waals surface area contributed by atoms with Crippen LogP contribution in [0.5, 0.6) is 5.88 Å². The van der Waals surface area contributed by atoms with Gasteiger partial charge >= 0.3 is 0 Å².